The first kappa shape index (κ1) is 19.4. The van der Waals surface area contributed by atoms with Gasteiger partial charge in [-0.3, -0.25) is 0 Å². The summed E-state index contributed by atoms with van der Waals surface area (Å²) in [5.41, 5.74) is -2.74. The number of aliphatic hydroxyl groups is 2. The maximum absolute atomic E-state index is 9.98. The Bertz CT molecular complexity index is 184. The molecular formula is C5H6Na2O6. The molecule has 0 heterocycles. The molecule has 0 aromatic rings. The first-order valence-corrected chi connectivity index (χ1v) is 2.67. The quantitative estimate of drug-likeness (QED) is 0.442. The number of hydrogen-bond acceptors (Lipinski definition) is 6. The zero-order valence-corrected chi connectivity index (χ0v) is 11.4. The topological polar surface area (TPSA) is 121 Å². The Morgan fingerprint density at radius 1 is 1.23 bits per heavy atom. The van der Waals surface area contributed by atoms with Gasteiger partial charge in [0.25, 0.3) is 0 Å². The fourth-order valence-electron chi connectivity index (χ4n) is 0.431. The van der Waals surface area contributed by atoms with Crippen LogP contribution >= 0.6 is 0 Å². The third-order valence-corrected chi connectivity index (χ3v) is 1.08. The second-order valence-electron chi connectivity index (χ2n) is 2.03. The van der Waals surface area contributed by atoms with E-state index in [2.05, 4.69) is 0 Å². The second-order valence-corrected chi connectivity index (χ2v) is 2.03. The maximum atomic E-state index is 9.98. The van der Waals surface area contributed by atoms with Crippen LogP contribution in [0.3, 0.4) is 0 Å². The van der Waals surface area contributed by atoms with Crippen molar-refractivity contribution in [3.63, 3.8) is 0 Å². The summed E-state index contributed by atoms with van der Waals surface area (Å²) in [6, 6.07) is 0. The van der Waals surface area contributed by atoms with Crippen molar-refractivity contribution in [2.45, 2.75) is 12.0 Å². The van der Waals surface area contributed by atoms with Crippen molar-refractivity contribution in [1.29, 1.82) is 0 Å². The van der Waals surface area contributed by atoms with E-state index in [0.29, 0.717) is 0 Å². The predicted molar refractivity (Wildman–Crippen MR) is 26.7 cm³/mol. The molecule has 0 spiro atoms. The molecule has 0 aliphatic heterocycles. The van der Waals surface area contributed by atoms with Crippen LogP contribution in [0, 0.1) is 0 Å². The summed E-state index contributed by atoms with van der Waals surface area (Å²) in [6.45, 7) is -1.22. The Balaban J connectivity index is -0.000000500. The van der Waals surface area contributed by atoms with Crippen LogP contribution in [0.1, 0.15) is 6.42 Å². The van der Waals surface area contributed by atoms with Gasteiger partial charge in [-0.25, -0.2) is 0 Å². The minimum absolute atomic E-state index is 0. The van der Waals surface area contributed by atoms with E-state index >= 15 is 0 Å². The molecule has 0 fully saturated rings. The monoisotopic (exact) mass is 208 g/mol. The molecule has 0 radical (unpaired) electrons. The van der Waals surface area contributed by atoms with Crippen LogP contribution in [0.25, 0.3) is 0 Å². The number of aliphatic hydroxyl groups excluding tert-OH is 1. The van der Waals surface area contributed by atoms with E-state index in [1.807, 2.05) is 0 Å². The number of aliphatic carboxylic acids is 2. The van der Waals surface area contributed by atoms with Gasteiger partial charge in [-0.15, -0.1) is 0 Å². The molecule has 0 saturated carbocycles. The van der Waals surface area contributed by atoms with Gasteiger partial charge in [0.2, 0.25) is 0 Å². The van der Waals surface area contributed by atoms with Crippen molar-refractivity contribution in [3.05, 3.63) is 0 Å². The number of carbonyl (C=O) groups is 2. The van der Waals surface area contributed by atoms with Crippen LogP contribution in [-0.4, -0.2) is 34.4 Å². The van der Waals surface area contributed by atoms with Crippen LogP contribution in [0.15, 0.2) is 0 Å². The van der Waals surface area contributed by atoms with Crippen molar-refractivity contribution in [1.82, 2.24) is 0 Å². The predicted octanol–water partition coefficient (Wildman–Crippen LogP) is -10.4. The Hall–Kier alpha value is 0.860. The van der Waals surface area contributed by atoms with Gasteiger partial charge in [-0.1, -0.05) is 0 Å². The van der Waals surface area contributed by atoms with Crippen molar-refractivity contribution in [2.75, 3.05) is 6.61 Å². The molecule has 6 nitrogen and oxygen atoms in total. The molecule has 2 N–H and O–H groups in total. The summed E-state index contributed by atoms with van der Waals surface area (Å²) < 4.78 is 0. The molecule has 1 atom stereocenters. The standard InChI is InChI=1S/C5H8O6.2Na/c6-2-5(11,4(9)10)1-3(7)8;;/h6,11H,1-2H2,(H,7,8)(H,9,10);;/q;2*+1/p-2. The average molecular weight is 208 g/mol. The molecule has 13 heavy (non-hydrogen) atoms. The summed E-state index contributed by atoms with van der Waals surface area (Å²) in [6.07, 6.45) is -1.19. The molecule has 0 aromatic carbocycles. The SMILES string of the molecule is O=C([O-])CC(O)(CO)C(=O)[O-].[Na+].[Na+]. The molecule has 0 amide bonds. The van der Waals surface area contributed by atoms with Crippen LogP contribution in [0.4, 0.5) is 0 Å². The number of carbonyl (C=O) groups excluding carboxylic acids is 2. The molecule has 8 heteroatoms. The van der Waals surface area contributed by atoms with Crippen molar-refractivity contribution in [2.24, 2.45) is 0 Å². The number of carboxylic acids is 2. The molecular weight excluding hydrogens is 202 g/mol. The van der Waals surface area contributed by atoms with Crippen LogP contribution in [-0.2, 0) is 9.59 Å². The molecule has 0 aromatic heterocycles. The fourth-order valence-corrected chi connectivity index (χ4v) is 0.431. The summed E-state index contributed by atoms with van der Waals surface area (Å²) >= 11 is 0. The maximum Gasteiger partial charge on any atom is 1.00 e. The Labute approximate surface area is 119 Å². The zero-order chi connectivity index (χ0) is 9.07. The van der Waals surface area contributed by atoms with E-state index in [0.717, 1.165) is 0 Å². The minimum atomic E-state index is -2.74. The number of hydrogen-bond donors (Lipinski definition) is 2. The summed E-state index contributed by atoms with van der Waals surface area (Å²) in [5, 5.41) is 36.8. The van der Waals surface area contributed by atoms with Gasteiger partial charge >= 0.3 is 59.1 Å². The fraction of sp³-hybridized carbons (Fsp3) is 0.600. The van der Waals surface area contributed by atoms with Gasteiger partial charge in [0.05, 0.1) is 12.6 Å². The van der Waals surface area contributed by atoms with E-state index in [-0.39, 0.29) is 59.1 Å². The van der Waals surface area contributed by atoms with Gasteiger partial charge in [0, 0.05) is 12.4 Å². The second kappa shape index (κ2) is 8.19. The van der Waals surface area contributed by atoms with Gasteiger partial charge in [-0.05, 0) is 0 Å². The summed E-state index contributed by atoms with van der Waals surface area (Å²) in [7, 11) is 0. The molecule has 1 unspecified atom stereocenters. The molecule has 0 rings (SSSR count). The van der Waals surface area contributed by atoms with Gasteiger partial charge in [-0.2, -0.15) is 0 Å². The summed E-state index contributed by atoms with van der Waals surface area (Å²) in [5.74, 6) is -3.81. The Kier molecular flexibility index (Phi) is 12.2. The van der Waals surface area contributed by atoms with E-state index in [9.17, 15) is 19.8 Å². The van der Waals surface area contributed by atoms with Crippen LogP contribution < -0.4 is 69.3 Å². The molecule has 0 bridgehead atoms. The van der Waals surface area contributed by atoms with Crippen LogP contribution in [0.2, 0.25) is 0 Å². The first-order chi connectivity index (χ1) is 4.92. The van der Waals surface area contributed by atoms with Crippen molar-refractivity contribution in [3.8, 4) is 0 Å². The largest absolute Gasteiger partial charge is 1.00 e. The van der Waals surface area contributed by atoms with E-state index < -0.39 is 30.6 Å². The van der Waals surface area contributed by atoms with Gasteiger partial charge in [0.15, 0.2) is 0 Å². The third-order valence-electron chi connectivity index (χ3n) is 1.08. The molecule has 0 aliphatic carbocycles. The minimum Gasteiger partial charge on any atom is -0.550 e. The zero-order valence-electron chi connectivity index (χ0n) is 7.44. The third kappa shape index (κ3) is 6.87. The summed E-state index contributed by atoms with van der Waals surface area (Å²) in [4.78, 5) is 19.8. The number of carboxylic acid groups (broad SMARTS) is 2. The van der Waals surface area contributed by atoms with Crippen molar-refractivity contribution < 1.29 is 89.1 Å². The Morgan fingerprint density at radius 2 is 1.62 bits per heavy atom. The van der Waals surface area contributed by atoms with Crippen LogP contribution in [0.5, 0.6) is 0 Å². The van der Waals surface area contributed by atoms with Crippen molar-refractivity contribution >= 4 is 11.9 Å². The van der Waals surface area contributed by atoms with E-state index in [1.165, 1.54) is 0 Å². The molecule has 0 saturated heterocycles. The van der Waals surface area contributed by atoms with E-state index in [4.69, 9.17) is 10.2 Å². The van der Waals surface area contributed by atoms with Gasteiger partial charge in [0.1, 0.15) is 5.60 Å². The molecule has 64 valence electrons. The Morgan fingerprint density at radius 3 is 1.69 bits per heavy atom. The average Bonchev–Trinajstić information content (AvgIpc) is 1.86. The van der Waals surface area contributed by atoms with E-state index in [1.54, 1.807) is 0 Å². The first-order valence-electron chi connectivity index (χ1n) is 2.67. The molecule has 0 aliphatic rings. The normalized spacial score (nSPS) is 13.1. The van der Waals surface area contributed by atoms with Gasteiger partial charge < -0.3 is 30.0 Å². The smallest absolute Gasteiger partial charge is 0.550 e. The number of rotatable bonds is 4.